The number of ether oxygens (including phenoxy) is 8. The van der Waals surface area contributed by atoms with Crippen molar-refractivity contribution in [1.82, 2.24) is 0 Å². The summed E-state index contributed by atoms with van der Waals surface area (Å²) >= 11 is 12.7. The third-order valence-electron chi connectivity index (χ3n) is 9.98. The van der Waals surface area contributed by atoms with E-state index < -0.39 is 9.23 Å². The summed E-state index contributed by atoms with van der Waals surface area (Å²) < 4.78 is 51.8. The molecule has 0 fully saturated rings. The van der Waals surface area contributed by atoms with Gasteiger partial charge in [0.15, 0.2) is 46.0 Å². The molecule has 16 heteroatoms. The van der Waals surface area contributed by atoms with Crippen LogP contribution in [-0.2, 0) is 34.9 Å². The second-order valence-electron chi connectivity index (χ2n) is 13.5. The molecule has 2 N–H and O–H groups in total. The first-order chi connectivity index (χ1) is 28.9. The summed E-state index contributed by atoms with van der Waals surface area (Å²) in [5.41, 5.74) is 4.32. The van der Waals surface area contributed by atoms with Gasteiger partial charge in [0.2, 0.25) is 9.23 Å². The summed E-state index contributed by atoms with van der Waals surface area (Å²) in [6.45, 7) is -0.0419. The Morgan fingerprint density at radius 2 is 0.617 bits per heavy atom. The van der Waals surface area contributed by atoms with E-state index in [1.807, 2.05) is 72.8 Å². The highest BCUT2D eigenvalue weighted by molar-refractivity contribution is 8.26. The molecule has 4 aromatic carbocycles. The Kier molecular flexibility index (Phi) is 25.4. The van der Waals surface area contributed by atoms with Crippen LogP contribution in [0, 0.1) is 23.7 Å². The van der Waals surface area contributed by atoms with Crippen LogP contribution in [-0.4, -0.2) is 96.3 Å². The Bertz CT molecular complexity index is 1610. The van der Waals surface area contributed by atoms with Crippen LogP contribution < -0.4 is 37.9 Å². The Labute approximate surface area is 376 Å². The standard InChI is InChI=1S/C22H28Cl2O4.C22H30O6.Cl2OS/c2*1-25-19-7-5-15(11-21(19)27-3)9-17(13-23)18(14-24)10-16-6-8-20(26-2)22(12-16)28-4;1-4(2)3/h5-8,11-12,17-18H,9-10,13-14H2,1-4H3;5-8,11-12,17-18,23-24H,9-10,13-14H2,1-4H3;/t2*17-,18+;. The average molecular weight is 937 g/mol. The van der Waals surface area contributed by atoms with Gasteiger partial charge >= 0.3 is 0 Å². The Morgan fingerprint density at radius 3 is 0.783 bits per heavy atom. The lowest BCUT2D eigenvalue weighted by molar-refractivity contribution is 0.119. The lowest BCUT2D eigenvalue weighted by Crippen LogP contribution is -2.26. The van der Waals surface area contributed by atoms with Crippen molar-refractivity contribution < 1.29 is 52.3 Å². The van der Waals surface area contributed by atoms with E-state index in [9.17, 15) is 10.2 Å². The second kappa shape index (κ2) is 28.9. The zero-order valence-corrected chi connectivity index (χ0v) is 39.2. The van der Waals surface area contributed by atoms with E-state index in [1.54, 1.807) is 56.9 Å². The van der Waals surface area contributed by atoms with Crippen molar-refractivity contribution in [2.24, 2.45) is 23.7 Å². The molecule has 0 spiro atoms. The van der Waals surface area contributed by atoms with Gasteiger partial charge in [-0.05, 0) is 120 Å². The summed E-state index contributed by atoms with van der Waals surface area (Å²) in [6.07, 6.45) is 2.87. The molecule has 0 aliphatic carbocycles. The monoisotopic (exact) mass is 934 g/mol. The fourth-order valence-corrected chi connectivity index (χ4v) is 7.42. The van der Waals surface area contributed by atoms with Gasteiger partial charge in [-0.25, -0.2) is 4.21 Å². The van der Waals surface area contributed by atoms with Crippen molar-refractivity contribution in [3.8, 4) is 46.0 Å². The molecule has 334 valence electrons. The van der Waals surface area contributed by atoms with Crippen molar-refractivity contribution in [1.29, 1.82) is 0 Å². The highest BCUT2D eigenvalue weighted by atomic mass is 36.0. The SMILES string of the molecule is COc1ccc(C[C@@H](CCl)[C@@H](CCl)Cc2ccc(OC)c(OC)c2)cc1OC.COc1ccc(C[C@@H](CO)[C@@H](CO)Cc2ccc(OC)c(OC)c2)cc1OC.O=S(Cl)Cl. The largest absolute Gasteiger partial charge is 0.493 e. The van der Waals surface area contributed by atoms with E-state index in [0.717, 1.165) is 46.6 Å². The topological polar surface area (TPSA) is 131 Å². The number of benzene rings is 4. The van der Waals surface area contributed by atoms with E-state index in [0.29, 0.717) is 59.1 Å². The first-order valence-corrected chi connectivity index (χ1v) is 22.7. The zero-order chi connectivity index (χ0) is 44.6. The minimum absolute atomic E-state index is 0.0210. The summed E-state index contributed by atoms with van der Waals surface area (Å²) in [5, 5.41) is 19.9. The Hall–Kier alpha value is -3.49. The molecule has 4 atom stereocenters. The number of aliphatic hydroxyl groups excluding tert-OH is 2. The maximum Gasteiger partial charge on any atom is 0.211 e. The molecule has 11 nitrogen and oxygen atoms in total. The Morgan fingerprint density at radius 1 is 0.417 bits per heavy atom. The number of alkyl halides is 2. The van der Waals surface area contributed by atoms with Gasteiger partial charge in [0.25, 0.3) is 0 Å². The van der Waals surface area contributed by atoms with E-state index in [-0.39, 0.29) is 36.9 Å². The first kappa shape index (κ1) is 52.6. The molecule has 0 aromatic heterocycles. The number of hydrogen-bond acceptors (Lipinski definition) is 11. The average Bonchev–Trinajstić information content (AvgIpc) is 3.28. The van der Waals surface area contributed by atoms with Gasteiger partial charge in [-0.3, -0.25) is 0 Å². The zero-order valence-electron chi connectivity index (χ0n) is 35.4. The Balaban J connectivity index is 0.000000379. The van der Waals surface area contributed by atoms with Crippen LogP contribution in [0.1, 0.15) is 22.3 Å². The van der Waals surface area contributed by atoms with Crippen LogP contribution in [0.15, 0.2) is 72.8 Å². The van der Waals surface area contributed by atoms with Gasteiger partial charge in [0, 0.05) is 46.3 Å². The maximum atomic E-state index is 9.97. The predicted octanol–water partition coefficient (Wildman–Crippen LogP) is 8.98. The van der Waals surface area contributed by atoms with Crippen LogP contribution in [0.5, 0.6) is 46.0 Å². The van der Waals surface area contributed by atoms with Gasteiger partial charge in [-0.15, -0.1) is 23.2 Å². The molecule has 0 aliphatic heterocycles. The van der Waals surface area contributed by atoms with Crippen molar-refractivity contribution in [3.05, 3.63) is 95.1 Å². The number of methoxy groups -OCH3 is 8. The van der Waals surface area contributed by atoms with Gasteiger partial charge in [0.1, 0.15) is 0 Å². The molecule has 0 bridgehead atoms. The minimum atomic E-state index is -1.67. The molecule has 4 aromatic rings. The number of rotatable bonds is 22. The summed E-state index contributed by atoms with van der Waals surface area (Å²) in [7, 11) is 20.3. The number of hydrogen-bond donors (Lipinski definition) is 2. The van der Waals surface area contributed by atoms with E-state index in [1.165, 1.54) is 0 Å². The molecule has 0 saturated carbocycles. The maximum absolute atomic E-state index is 9.97. The van der Waals surface area contributed by atoms with Crippen molar-refractivity contribution >= 4 is 53.8 Å². The first-order valence-electron chi connectivity index (χ1n) is 18.8. The van der Waals surface area contributed by atoms with Crippen LogP contribution in [0.25, 0.3) is 0 Å². The second-order valence-corrected chi connectivity index (χ2v) is 16.6. The summed E-state index contributed by atoms with van der Waals surface area (Å²) in [6, 6.07) is 23.4. The molecule has 0 saturated heterocycles. The van der Waals surface area contributed by atoms with Gasteiger partial charge in [0.05, 0.1) is 56.9 Å². The minimum Gasteiger partial charge on any atom is -0.493 e. The third-order valence-corrected chi connectivity index (χ3v) is 10.8. The molecule has 0 aliphatic rings. The van der Waals surface area contributed by atoms with Gasteiger partial charge in [-0.1, -0.05) is 24.3 Å². The van der Waals surface area contributed by atoms with Crippen molar-refractivity contribution in [2.75, 3.05) is 81.9 Å². The van der Waals surface area contributed by atoms with E-state index >= 15 is 0 Å². The number of halogens is 4. The molecule has 0 unspecified atom stereocenters. The van der Waals surface area contributed by atoms with E-state index in [4.69, 9.17) is 65.3 Å². The van der Waals surface area contributed by atoms with Gasteiger partial charge < -0.3 is 48.1 Å². The fourth-order valence-electron chi connectivity index (χ4n) is 6.70. The van der Waals surface area contributed by atoms with Crippen molar-refractivity contribution in [3.63, 3.8) is 0 Å². The quantitative estimate of drug-likeness (QED) is 0.0579. The molecule has 4 rings (SSSR count). The van der Waals surface area contributed by atoms with Crippen LogP contribution in [0.2, 0.25) is 0 Å². The molecule has 0 heterocycles. The van der Waals surface area contributed by atoms with Gasteiger partial charge in [-0.2, -0.15) is 0 Å². The van der Waals surface area contributed by atoms with Crippen LogP contribution in [0.4, 0.5) is 0 Å². The molecule has 60 heavy (non-hydrogen) atoms. The highest BCUT2D eigenvalue weighted by Gasteiger charge is 2.24. The smallest absolute Gasteiger partial charge is 0.211 e. The highest BCUT2D eigenvalue weighted by Crippen LogP contribution is 2.35. The molecule has 0 amide bonds. The normalized spacial score (nSPS) is 12.7. The van der Waals surface area contributed by atoms with Crippen LogP contribution >= 0.6 is 44.6 Å². The summed E-state index contributed by atoms with van der Waals surface area (Å²) in [5.74, 6) is 6.80. The molecule has 0 radical (unpaired) electrons. The lowest BCUT2D eigenvalue weighted by Gasteiger charge is -2.25. The van der Waals surface area contributed by atoms with E-state index in [2.05, 4.69) is 21.4 Å². The molecular weight excluding hydrogens is 878 g/mol. The molecular formula is C44H58Cl4O11S. The summed E-state index contributed by atoms with van der Waals surface area (Å²) in [4.78, 5) is 0. The predicted molar refractivity (Wildman–Crippen MR) is 242 cm³/mol. The third kappa shape index (κ3) is 16.8. The van der Waals surface area contributed by atoms with Crippen molar-refractivity contribution in [2.45, 2.75) is 25.7 Å². The fraction of sp³-hybridized carbons (Fsp3) is 0.455. The number of aliphatic hydroxyl groups is 2. The lowest BCUT2D eigenvalue weighted by atomic mass is 9.83. The van der Waals surface area contributed by atoms with Crippen LogP contribution in [0.3, 0.4) is 0 Å².